The number of Topliss-reactive ketones (excluding diaryl/α,β-unsaturated/α-hetero) is 1. The normalized spacial score (nSPS) is 14.1. The van der Waals surface area contributed by atoms with Crippen molar-refractivity contribution in [2.45, 2.75) is 19.8 Å². The molecule has 1 aromatic heterocycles. The lowest BCUT2D eigenvalue weighted by Gasteiger charge is -2.11. The van der Waals surface area contributed by atoms with Gasteiger partial charge >= 0.3 is 5.97 Å². The zero-order chi connectivity index (χ0) is 17.3. The number of amides is 2. The lowest BCUT2D eigenvalue weighted by atomic mass is 10.1. The average molecular weight is 344 g/mol. The van der Waals surface area contributed by atoms with Gasteiger partial charge in [0, 0.05) is 29.3 Å². The molecule has 2 amide bonds. The monoisotopic (exact) mass is 344 g/mol. The Morgan fingerprint density at radius 1 is 1.17 bits per heavy atom. The van der Waals surface area contributed by atoms with Crippen LogP contribution < -0.4 is 0 Å². The third-order valence-corrected chi connectivity index (χ3v) is 4.31. The molecule has 0 N–H and O–H groups in total. The van der Waals surface area contributed by atoms with Crippen LogP contribution in [0.3, 0.4) is 0 Å². The topological polar surface area (TPSA) is 93.6 Å². The highest BCUT2D eigenvalue weighted by atomic mass is 32.1. The molecule has 0 unspecified atom stereocenters. The molecule has 1 aliphatic rings. The minimum absolute atomic E-state index is 0.0270. The number of ketones is 1. The van der Waals surface area contributed by atoms with Gasteiger partial charge in [0.1, 0.15) is 5.01 Å². The Morgan fingerprint density at radius 2 is 1.83 bits per heavy atom. The molecule has 0 radical (unpaired) electrons. The molecule has 8 heteroatoms. The van der Waals surface area contributed by atoms with E-state index in [-0.39, 0.29) is 24.3 Å². The van der Waals surface area contributed by atoms with Crippen LogP contribution in [0.15, 0.2) is 29.6 Å². The standard InChI is InChI=1S/C16H12N2O5S/c1-9(19)10-4-2-3-5-11(10)15-17-12(8-24-15)16(22)23-18-13(20)6-7-14(18)21/h2-5,8H,6-7H2,1H3. The molecular formula is C16H12N2O5S. The predicted molar refractivity (Wildman–Crippen MR) is 84.1 cm³/mol. The Balaban J connectivity index is 1.83. The molecule has 1 fully saturated rings. The molecule has 2 aromatic rings. The van der Waals surface area contributed by atoms with Gasteiger partial charge in [0.25, 0.3) is 11.8 Å². The van der Waals surface area contributed by atoms with Gasteiger partial charge in [-0.1, -0.05) is 24.3 Å². The lowest BCUT2D eigenvalue weighted by molar-refractivity contribution is -0.172. The van der Waals surface area contributed by atoms with Crippen LogP contribution in [-0.2, 0) is 14.4 Å². The van der Waals surface area contributed by atoms with Crippen LogP contribution in [0.1, 0.15) is 40.6 Å². The Kier molecular flexibility index (Phi) is 4.22. The number of carbonyl (C=O) groups excluding carboxylic acids is 4. The largest absolute Gasteiger partial charge is 0.382 e. The first kappa shape index (κ1) is 16.0. The smallest absolute Gasteiger partial charge is 0.323 e. The molecule has 1 aliphatic heterocycles. The second-order valence-corrected chi connectivity index (χ2v) is 5.96. The summed E-state index contributed by atoms with van der Waals surface area (Å²) in [7, 11) is 0. The quantitative estimate of drug-likeness (QED) is 0.624. The van der Waals surface area contributed by atoms with E-state index in [1.54, 1.807) is 24.3 Å². The first-order chi connectivity index (χ1) is 11.5. The summed E-state index contributed by atoms with van der Waals surface area (Å²) in [6.45, 7) is 1.45. The maximum absolute atomic E-state index is 12.1. The number of thiazole rings is 1. The van der Waals surface area contributed by atoms with E-state index in [2.05, 4.69) is 4.98 Å². The van der Waals surface area contributed by atoms with E-state index >= 15 is 0 Å². The summed E-state index contributed by atoms with van der Waals surface area (Å²) in [5.41, 5.74) is 1.08. The molecule has 24 heavy (non-hydrogen) atoms. The van der Waals surface area contributed by atoms with Crippen molar-refractivity contribution < 1.29 is 24.0 Å². The second kappa shape index (κ2) is 6.32. The minimum Gasteiger partial charge on any atom is -0.323 e. The number of imide groups is 1. The van der Waals surface area contributed by atoms with Gasteiger partial charge in [-0.3, -0.25) is 14.4 Å². The van der Waals surface area contributed by atoms with Crippen molar-refractivity contribution in [3.8, 4) is 10.6 Å². The molecule has 2 heterocycles. The van der Waals surface area contributed by atoms with E-state index in [0.717, 1.165) is 0 Å². The average Bonchev–Trinajstić information content (AvgIpc) is 3.17. The molecule has 0 saturated carbocycles. The van der Waals surface area contributed by atoms with Gasteiger partial charge in [0.05, 0.1) is 0 Å². The molecule has 1 saturated heterocycles. The number of hydrogen-bond acceptors (Lipinski definition) is 7. The molecule has 122 valence electrons. The number of aromatic nitrogens is 1. The van der Waals surface area contributed by atoms with Gasteiger partial charge < -0.3 is 4.84 Å². The number of hydroxylamine groups is 2. The van der Waals surface area contributed by atoms with Crippen LogP contribution in [-0.4, -0.2) is 33.6 Å². The fourth-order valence-corrected chi connectivity index (χ4v) is 3.08. The molecule has 0 spiro atoms. The Hall–Kier alpha value is -2.87. The van der Waals surface area contributed by atoms with E-state index in [0.29, 0.717) is 21.2 Å². The Labute approximate surface area is 140 Å². The van der Waals surface area contributed by atoms with E-state index in [9.17, 15) is 19.2 Å². The van der Waals surface area contributed by atoms with E-state index in [1.807, 2.05) is 0 Å². The first-order valence-electron chi connectivity index (χ1n) is 7.11. The van der Waals surface area contributed by atoms with Crippen LogP contribution in [0, 0.1) is 0 Å². The highest BCUT2D eigenvalue weighted by molar-refractivity contribution is 7.13. The molecule has 0 bridgehead atoms. The number of carbonyl (C=O) groups is 4. The fourth-order valence-electron chi connectivity index (χ4n) is 2.26. The number of benzene rings is 1. The summed E-state index contributed by atoms with van der Waals surface area (Å²) >= 11 is 1.17. The van der Waals surface area contributed by atoms with E-state index in [1.165, 1.54) is 23.6 Å². The van der Waals surface area contributed by atoms with Crippen molar-refractivity contribution in [3.05, 3.63) is 40.9 Å². The van der Waals surface area contributed by atoms with Gasteiger partial charge in [-0.25, -0.2) is 9.78 Å². The summed E-state index contributed by atoms with van der Waals surface area (Å²) in [5.74, 6) is -2.10. The van der Waals surface area contributed by atoms with E-state index in [4.69, 9.17) is 4.84 Å². The molecule has 1 aromatic carbocycles. The van der Waals surface area contributed by atoms with Gasteiger partial charge in [-0.05, 0) is 6.92 Å². The fraction of sp³-hybridized carbons (Fsp3) is 0.188. The summed E-state index contributed by atoms with van der Waals surface area (Å²) in [6.07, 6.45) is 0.0564. The predicted octanol–water partition coefficient (Wildman–Crippen LogP) is 2.23. The highest BCUT2D eigenvalue weighted by Gasteiger charge is 2.33. The van der Waals surface area contributed by atoms with Crippen molar-refractivity contribution in [2.24, 2.45) is 0 Å². The summed E-state index contributed by atoms with van der Waals surface area (Å²) in [6, 6.07) is 6.92. The van der Waals surface area contributed by atoms with Crippen LogP contribution in [0.5, 0.6) is 0 Å². The first-order valence-corrected chi connectivity index (χ1v) is 7.99. The van der Waals surface area contributed by atoms with Gasteiger partial charge in [0.2, 0.25) is 0 Å². The third-order valence-electron chi connectivity index (χ3n) is 3.43. The highest BCUT2D eigenvalue weighted by Crippen LogP contribution is 2.28. The Morgan fingerprint density at radius 3 is 2.50 bits per heavy atom. The maximum Gasteiger partial charge on any atom is 0.382 e. The zero-order valence-corrected chi connectivity index (χ0v) is 13.5. The van der Waals surface area contributed by atoms with Gasteiger partial charge in [-0.2, -0.15) is 0 Å². The van der Waals surface area contributed by atoms with Crippen molar-refractivity contribution in [2.75, 3.05) is 0 Å². The van der Waals surface area contributed by atoms with Crippen molar-refractivity contribution in [1.82, 2.24) is 10.0 Å². The van der Waals surface area contributed by atoms with Gasteiger partial charge in [0.15, 0.2) is 11.5 Å². The van der Waals surface area contributed by atoms with Gasteiger partial charge in [-0.15, -0.1) is 16.4 Å². The third kappa shape index (κ3) is 2.95. The van der Waals surface area contributed by atoms with Crippen molar-refractivity contribution in [3.63, 3.8) is 0 Å². The molecule has 3 rings (SSSR count). The van der Waals surface area contributed by atoms with Crippen LogP contribution in [0.25, 0.3) is 10.6 Å². The number of hydrogen-bond donors (Lipinski definition) is 0. The SMILES string of the molecule is CC(=O)c1ccccc1-c1nc(C(=O)ON2C(=O)CCC2=O)cs1. The Bertz CT molecular complexity index is 842. The number of rotatable bonds is 4. The zero-order valence-electron chi connectivity index (χ0n) is 12.6. The summed E-state index contributed by atoms with van der Waals surface area (Å²) < 4.78 is 0. The molecule has 0 atom stereocenters. The number of nitrogens with zero attached hydrogens (tertiary/aromatic N) is 2. The van der Waals surface area contributed by atoms with E-state index < -0.39 is 17.8 Å². The van der Waals surface area contributed by atoms with Crippen molar-refractivity contribution in [1.29, 1.82) is 0 Å². The minimum atomic E-state index is -0.888. The molecular weight excluding hydrogens is 332 g/mol. The maximum atomic E-state index is 12.1. The summed E-state index contributed by atoms with van der Waals surface area (Å²) in [5, 5.41) is 2.41. The van der Waals surface area contributed by atoms with Crippen LogP contribution >= 0.6 is 11.3 Å². The molecule has 0 aliphatic carbocycles. The van der Waals surface area contributed by atoms with Crippen LogP contribution in [0.2, 0.25) is 0 Å². The summed E-state index contributed by atoms with van der Waals surface area (Å²) in [4.78, 5) is 55.7. The van der Waals surface area contributed by atoms with Crippen molar-refractivity contribution >= 4 is 34.9 Å². The second-order valence-electron chi connectivity index (χ2n) is 5.10. The molecule has 7 nitrogen and oxygen atoms in total. The van der Waals surface area contributed by atoms with Crippen LogP contribution in [0.4, 0.5) is 0 Å². The lowest BCUT2D eigenvalue weighted by Crippen LogP contribution is -2.32.